The third kappa shape index (κ3) is 3.46. The van der Waals surface area contributed by atoms with Gasteiger partial charge in [-0.05, 0) is 57.0 Å². The summed E-state index contributed by atoms with van der Waals surface area (Å²) in [5.74, 6) is 1.85. The summed E-state index contributed by atoms with van der Waals surface area (Å²) in [5.41, 5.74) is 6.10. The largest absolute Gasteiger partial charge is 0.327 e. The van der Waals surface area contributed by atoms with Gasteiger partial charge in [0.05, 0.1) is 0 Å². The van der Waals surface area contributed by atoms with E-state index in [1.54, 1.807) is 0 Å². The molecule has 0 aliphatic heterocycles. The Balaban J connectivity index is 1.65. The lowest BCUT2D eigenvalue weighted by atomic mass is 10.00. The van der Waals surface area contributed by atoms with Crippen LogP contribution in [0.4, 0.5) is 0 Å². The molecular formula is C13H26N2. The summed E-state index contributed by atoms with van der Waals surface area (Å²) >= 11 is 0. The lowest BCUT2D eigenvalue weighted by Gasteiger charge is -2.23. The molecule has 2 heteroatoms. The van der Waals surface area contributed by atoms with E-state index in [-0.39, 0.29) is 0 Å². The highest BCUT2D eigenvalue weighted by Gasteiger charge is 2.26. The second kappa shape index (κ2) is 5.31. The minimum Gasteiger partial charge on any atom is -0.327 e. The molecule has 0 amide bonds. The average Bonchev–Trinajstić information content (AvgIpc) is 2.96. The second-order valence-electron chi connectivity index (χ2n) is 5.48. The maximum atomic E-state index is 6.10. The van der Waals surface area contributed by atoms with Crippen molar-refractivity contribution in [3.8, 4) is 0 Å². The van der Waals surface area contributed by atoms with Crippen LogP contribution in [-0.4, -0.2) is 30.6 Å². The van der Waals surface area contributed by atoms with Gasteiger partial charge in [-0.25, -0.2) is 0 Å². The van der Waals surface area contributed by atoms with E-state index in [0.717, 1.165) is 11.8 Å². The van der Waals surface area contributed by atoms with Crippen molar-refractivity contribution in [2.45, 2.75) is 51.5 Å². The molecule has 88 valence electrons. The SMILES string of the molecule is CCN(CCC1CCCC1N)CC1CC1. The van der Waals surface area contributed by atoms with Crippen LogP contribution < -0.4 is 5.73 Å². The number of hydrogen-bond acceptors (Lipinski definition) is 2. The smallest absolute Gasteiger partial charge is 0.00676 e. The molecule has 0 spiro atoms. The Kier molecular flexibility index (Phi) is 4.04. The van der Waals surface area contributed by atoms with E-state index < -0.39 is 0 Å². The molecule has 2 saturated carbocycles. The molecular weight excluding hydrogens is 184 g/mol. The van der Waals surface area contributed by atoms with Crippen molar-refractivity contribution in [3.05, 3.63) is 0 Å². The Hall–Kier alpha value is -0.0800. The highest BCUT2D eigenvalue weighted by atomic mass is 15.1. The van der Waals surface area contributed by atoms with Crippen LogP contribution in [0.25, 0.3) is 0 Å². The van der Waals surface area contributed by atoms with Gasteiger partial charge in [-0.3, -0.25) is 0 Å². The van der Waals surface area contributed by atoms with Crippen LogP contribution in [-0.2, 0) is 0 Å². The first-order valence-corrected chi connectivity index (χ1v) is 6.77. The molecule has 2 aliphatic rings. The van der Waals surface area contributed by atoms with E-state index in [2.05, 4.69) is 11.8 Å². The van der Waals surface area contributed by atoms with Gasteiger partial charge in [-0.2, -0.15) is 0 Å². The summed E-state index contributed by atoms with van der Waals surface area (Å²) in [6, 6.07) is 0.504. The van der Waals surface area contributed by atoms with E-state index in [1.807, 2.05) is 0 Å². The van der Waals surface area contributed by atoms with Gasteiger partial charge >= 0.3 is 0 Å². The zero-order chi connectivity index (χ0) is 10.7. The Labute approximate surface area is 94.2 Å². The monoisotopic (exact) mass is 210 g/mol. The van der Waals surface area contributed by atoms with Crippen LogP contribution >= 0.6 is 0 Å². The number of nitrogens with zero attached hydrogens (tertiary/aromatic N) is 1. The molecule has 15 heavy (non-hydrogen) atoms. The maximum absolute atomic E-state index is 6.10. The second-order valence-corrected chi connectivity index (χ2v) is 5.48. The first-order valence-electron chi connectivity index (χ1n) is 6.77. The fraction of sp³-hybridized carbons (Fsp3) is 1.00. The Morgan fingerprint density at radius 1 is 1.20 bits per heavy atom. The summed E-state index contributed by atoms with van der Waals surface area (Å²) in [6.45, 7) is 6.14. The highest BCUT2D eigenvalue weighted by molar-refractivity contribution is 4.82. The van der Waals surface area contributed by atoms with E-state index in [9.17, 15) is 0 Å². The van der Waals surface area contributed by atoms with Gasteiger partial charge in [0.2, 0.25) is 0 Å². The van der Waals surface area contributed by atoms with Gasteiger partial charge < -0.3 is 10.6 Å². The zero-order valence-electron chi connectivity index (χ0n) is 10.1. The molecule has 2 fully saturated rings. The van der Waals surface area contributed by atoms with Crippen molar-refractivity contribution in [1.82, 2.24) is 4.90 Å². The lowest BCUT2D eigenvalue weighted by molar-refractivity contribution is 0.249. The fourth-order valence-corrected chi connectivity index (χ4v) is 2.82. The molecule has 2 aliphatic carbocycles. The molecule has 0 saturated heterocycles. The van der Waals surface area contributed by atoms with Gasteiger partial charge in [0.25, 0.3) is 0 Å². The Morgan fingerprint density at radius 2 is 2.00 bits per heavy atom. The first kappa shape index (κ1) is 11.4. The Bertz CT molecular complexity index is 189. The first-order chi connectivity index (χ1) is 7.29. The van der Waals surface area contributed by atoms with E-state index in [4.69, 9.17) is 5.73 Å². The average molecular weight is 210 g/mol. The molecule has 2 unspecified atom stereocenters. The van der Waals surface area contributed by atoms with Crippen LogP contribution in [0.1, 0.15) is 45.4 Å². The van der Waals surface area contributed by atoms with Gasteiger partial charge in [-0.15, -0.1) is 0 Å². The van der Waals surface area contributed by atoms with Crippen molar-refractivity contribution in [1.29, 1.82) is 0 Å². The van der Waals surface area contributed by atoms with Crippen molar-refractivity contribution in [2.75, 3.05) is 19.6 Å². The summed E-state index contributed by atoms with van der Waals surface area (Å²) in [6.07, 6.45) is 8.28. The molecule has 0 aromatic rings. The van der Waals surface area contributed by atoms with Gasteiger partial charge in [0.15, 0.2) is 0 Å². The summed E-state index contributed by atoms with van der Waals surface area (Å²) in [4.78, 5) is 2.63. The molecule has 0 aromatic carbocycles. The topological polar surface area (TPSA) is 29.3 Å². The van der Waals surface area contributed by atoms with Crippen molar-refractivity contribution in [2.24, 2.45) is 17.6 Å². The molecule has 2 atom stereocenters. The van der Waals surface area contributed by atoms with Gasteiger partial charge in [-0.1, -0.05) is 13.3 Å². The van der Waals surface area contributed by atoms with Crippen LogP contribution in [0.15, 0.2) is 0 Å². The molecule has 0 aromatic heterocycles. The molecule has 2 rings (SSSR count). The normalized spacial score (nSPS) is 31.4. The highest BCUT2D eigenvalue weighted by Crippen LogP contribution is 2.31. The van der Waals surface area contributed by atoms with E-state index >= 15 is 0 Å². The van der Waals surface area contributed by atoms with Gasteiger partial charge in [0, 0.05) is 12.6 Å². The molecule has 0 radical (unpaired) electrons. The van der Waals surface area contributed by atoms with Crippen LogP contribution in [0.2, 0.25) is 0 Å². The van der Waals surface area contributed by atoms with E-state index in [0.29, 0.717) is 6.04 Å². The third-order valence-electron chi connectivity index (χ3n) is 4.19. The minimum atomic E-state index is 0.504. The summed E-state index contributed by atoms with van der Waals surface area (Å²) in [7, 11) is 0. The quantitative estimate of drug-likeness (QED) is 0.728. The molecule has 2 nitrogen and oxygen atoms in total. The number of hydrogen-bond donors (Lipinski definition) is 1. The van der Waals surface area contributed by atoms with Crippen molar-refractivity contribution < 1.29 is 0 Å². The third-order valence-corrected chi connectivity index (χ3v) is 4.19. The number of rotatable bonds is 6. The lowest BCUT2D eigenvalue weighted by Crippen LogP contribution is -2.31. The van der Waals surface area contributed by atoms with Gasteiger partial charge in [0.1, 0.15) is 0 Å². The predicted molar refractivity (Wildman–Crippen MR) is 64.8 cm³/mol. The van der Waals surface area contributed by atoms with Crippen LogP contribution in [0, 0.1) is 11.8 Å². The minimum absolute atomic E-state index is 0.504. The molecule has 0 bridgehead atoms. The summed E-state index contributed by atoms with van der Waals surface area (Å²) in [5, 5.41) is 0. The maximum Gasteiger partial charge on any atom is 0.00676 e. The van der Waals surface area contributed by atoms with Crippen molar-refractivity contribution >= 4 is 0 Å². The predicted octanol–water partition coefficient (Wildman–Crippen LogP) is 2.24. The standard InChI is InChI=1S/C13H26N2/c1-2-15(10-11-6-7-11)9-8-12-4-3-5-13(12)14/h11-13H,2-10,14H2,1H3. The fourth-order valence-electron chi connectivity index (χ4n) is 2.82. The van der Waals surface area contributed by atoms with Crippen LogP contribution in [0.3, 0.4) is 0 Å². The molecule has 2 N–H and O–H groups in total. The summed E-state index contributed by atoms with van der Waals surface area (Å²) < 4.78 is 0. The zero-order valence-corrected chi connectivity index (χ0v) is 10.1. The van der Waals surface area contributed by atoms with Crippen molar-refractivity contribution in [3.63, 3.8) is 0 Å². The van der Waals surface area contributed by atoms with Crippen LogP contribution in [0.5, 0.6) is 0 Å². The molecule has 0 heterocycles. The van der Waals surface area contributed by atoms with E-state index in [1.165, 1.54) is 58.2 Å². The number of nitrogens with two attached hydrogens (primary N) is 1. The Morgan fingerprint density at radius 3 is 2.53 bits per heavy atom.